The van der Waals surface area contributed by atoms with Gasteiger partial charge in [0.1, 0.15) is 10.8 Å². The van der Waals surface area contributed by atoms with Crippen molar-refractivity contribution in [3.63, 3.8) is 0 Å². The van der Waals surface area contributed by atoms with Crippen LogP contribution >= 0.6 is 11.3 Å². The number of aromatic nitrogens is 3. The SMILES string of the molecule is Cc1ccc(Cn2c(C)nc3cc(-c4ncc(C#CC(C)(C)C)s4)c(NC4CCCOC(=O)NCC4)cc3c2=O)cc1. The van der Waals surface area contributed by atoms with Crippen molar-refractivity contribution in [1.82, 2.24) is 19.9 Å². The molecule has 1 unspecified atom stereocenters. The first-order valence-corrected chi connectivity index (χ1v) is 15.1. The Hall–Kier alpha value is -4.16. The van der Waals surface area contributed by atoms with Gasteiger partial charge in [0, 0.05) is 29.3 Å². The number of thiazole rings is 1. The fraction of sp³-hybridized carbons (Fsp3) is 0.394. The molecule has 0 radical (unpaired) electrons. The van der Waals surface area contributed by atoms with Crippen molar-refractivity contribution < 1.29 is 9.53 Å². The lowest BCUT2D eigenvalue weighted by Gasteiger charge is -2.21. The smallest absolute Gasteiger partial charge is 0.407 e. The van der Waals surface area contributed by atoms with Crippen molar-refractivity contribution >= 4 is 34.0 Å². The first kappa shape index (κ1) is 29.3. The molecule has 2 N–H and O–H groups in total. The van der Waals surface area contributed by atoms with E-state index in [2.05, 4.69) is 55.4 Å². The van der Waals surface area contributed by atoms with E-state index in [0.717, 1.165) is 46.0 Å². The van der Waals surface area contributed by atoms with E-state index in [9.17, 15) is 9.59 Å². The largest absolute Gasteiger partial charge is 0.450 e. The zero-order valence-corrected chi connectivity index (χ0v) is 25.7. The summed E-state index contributed by atoms with van der Waals surface area (Å²) >= 11 is 1.52. The molecule has 8 nitrogen and oxygen atoms in total. The molecule has 0 spiro atoms. The molecular weight excluding hydrogens is 546 g/mol. The summed E-state index contributed by atoms with van der Waals surface area (Å²) in [5.41, 5.74) is 4.34. The van der Waals surface area contributed by atoms with Crippen LogP contribution in [-0.4, -0.2) is 39.8 Å². The highest BCUT2D eigenvalue weighted by Gasteiger charge is 2.20. The Balaban J connectivity index is 1.58. The van der Waals surface area contributed by atoms with Gasteiger partial charge in [-0.2, -0.15) is 0 Å². The van der Waals surface area contributed by atoms with Crippen molar-refractivity contribution in [3.05, 3.63) is 74.8 Å². The van der Waals surface area contributed by atoms with Crippen LogP contribution in [0.2, 0.25) is 0 Å². The summed E-state index contributed by atoms with van der Waals surface area (Å²) in [6.45, 7) is 11.5. The van der Waals surface area contributed by atoms with E-state index >= 15 is 0 Å². The minimum Gasteiger partial charge on any atom is -0.450 e. The third kappa shape index (κ3) is 7.18. The maximum atomic E-state index is 13.9. The Labute approximate surface area is 250 Å². The van der Waals surface area contributed by atoms with Crippen LogP contribution in [-0.2, 0) is 11.3 Å². The molecule has 42 heavy (non-hydrogen) atoms. The number of aryl methyl sites for hydroxylation is 2. The molecule has 1 aliphatic heterocycles. The minimum atomic E-state index is -0.385. The van der Waals surface area contributed by atoms with Crippen molar-refractivity contribution in [2.75, 3.05) is 18.5 Å². The second kappa shape index (κ2) is 12.4. The van der Waals surface area contributed by atoms with Gasteiger partial charge in [-0.05, 0) is 71.6 Å². The van der Waals surface area contributed by atoms with Crippen LogP contribution in [0.4, 0.5) is 10.5 Å². The second-order valence-corrected chi connectivity index (χ2v) is 12.8. The number of ether oxygens (including phenoxy) is 1. The van der Waals surface area contributed by atoms with Crippen LogP contribution in [0.25, 0.3) is 21.5 Å². The van der Waals surface area contributed by atoms with Gasteiger partial charge in [-0.1, -0.05) is 41.7 Å². The number of hydrogen-bond acceptors (Lipinski definition) is 7. The predicted molar refractivity (Wildman–Crippen MR) is 169 cm³/mol. The van der Waals surface area contributed by atoms with Gasteiger partial charge in [-0.3, -0.25) is 9.36 Å². The monoisotopic (exact) mass is 583 g/mol. The number of nitrogens with zero attached hydrogens (tertiary/aromatic N) is 3. The molecule has 1 fully saturated rings. The molecule has 5 rings (SSSR count). The highest BCUT2D eigenvalue weighted by Crippen LogP contribution is 2.35. The lowest BCUT2D eigenvalue weighted by molar-refractivity contribution is 0.146. The molecule has 1 amide bonds. The third-order valence-electron chi connectivity index (χ3n) is 7.09. The lowest BCUT2D eigenvalue weighted by atomic mass is 9.98. The van der Waals surface area contributed by atoms with E-state index < -0.39 is 0 Å². The molecule has 1 saturated heterocycles. The number of nitrogens with one attached hydrogen (secondary N) is 2. The number of benzene rings is 2. The highest BCUT2D eigenvalue weighted by molar-refractivity contribution is 7.15. The molecule has 3 heterocycles. The Morgan fingerprint density at radius 2 is 1.93 bits per heavy atom. The van der Waals surface area contributed by atoms with Crippen molar-refractivity contribution in [2.24, 2.45) is 5.41 Å². The second-order valence-electron chi connectivity index (χ2n) is 11.8. The molecule has 0 bridgehead atoms. The summed E-state index contributed by atoms with van der Waals surface area (Å²) in [4.78, 5) is 36.1. The van der Waals surface area contributed by atoms with Gasteiger partial charge in [0.25, 0.3) is 5.56 Å². The summed E-state index contributed by atoms with van der Waals surface area (Å²) < 4.78 is 6.93. The Morgan fingerprint density at radius 1 is 1.14 bits per heavy atom. The predicted octanol–water partition coefficient (Wildman–Crippen LogP) is 6.27. The number of hydrogen-bond donors (Lipinski definition) is 2. The molecule has 218 valence electrons. The van der Waals surface area contributed by atoms with Crippen molar-refractivity contribution in [3.8, 4) is 22.4 Å². The third-order valence-corrected chi connectivity index (χ3v) is 8.04. The molecule has 1 atom stereocenters. The summed E-state index contributed by atoms with van der Waals surface area (Å²) in [6.07, 6.45) is 3.69. The van der Waals surface area contributed by atoms with Gasteiger partial charge < -0.3 is 15.4 Å². The number of anilines is 1. The zero-order chi connectivity index (χ0) is 29.9. The van der Waals surface area contributed by atoms with Crippen LogP contribution < -0.4 is 16.2 Å². The molecule has 2 aromatic carbocycles. The summed E-state index contributed by atoms with van der Waals surface area (Å²) in [5, 5.41) is 7.84. The van der Waals surface area contributed by atoms with E-state index in [-0.39, 0.29) is 23.1 Å². The first-order valence-electron chi connectivity index (χ1n) is 14.3. The quantitative estimate of drug-likeness (QED) is 0.269. The highest BCUT2D eigenvalue weighted by atomic mass is 32.1. The average Bonchev–Trinajstić information content (AvgIpc) is 3.44. The van der Waals surface area contributed by atoms with E-state index in [1.54, 1.807) is 10.8 Å². The maximum Gasteiger partial charge on any atom is 0.407 e. The summed E-state index contributed by atoms with van der Waals surface area (Å²) in [5.74, 6) is 7.19. The molecule has 0 aliphatic carbocycles. The average molecular weight is 584 g/mol. The number of cyclic esters (lactones) is 1. The number of fused-ring (bicyclic) bond motifs is 1. The first-order chi connectivity index (χ1) is 20.1. The van der Waals surface area contributed by atoms with Gasteiger partial charge in [-0.15, -0.1) is 11.3 Å². The van der Waals surface area contributed by atoms with Gasteiger partial charge in [0.05, 0.1) is 35.1 Å². The number of carbonyl (C=O) groups is 1. The van der Waals surface area contributed by atoms with Crippen LogP contribution in [0.5, 0.6) is 0 Å². The van der Waals surface area contributed by atoms with E-state index in [1.165, 1.54) is 16.9 Å². The standard InChI is InChI=1S/C33H37N5O3S/c1-21-8-10-23(11-9-21)20-38-22(2)36-29-17-26(30-35-19-25(42-30)12-14-33(3,4)5)28(18-27(29)31(38)39)37-24-7-6-16-41-32(40)34-15-13-24/h8-11,17-19,24,37H,6-7,13,15-16,20H2,1-5H3,(H,34,40). The normalized spacial score (nSPS) is 15.9. The van der Waals surface area contributed by atoms with Gasteiger partial charge in [0.2, 0.25) is 0 Å². The van der Waals surface area contributed by atoms with Crippen LogP contribution in [0.3, 0.4) is 0 Å². The topological polar surface area (TPSA) is 98.1 Å². The Morgan fingerprint density at radius 3 is 2.69 bits per heavy atom. The molecule has 0 saturated carbocycles. The molecule has 9 heteroatoms. The number of amides is 1. The molecule has 4 aromatic rings. The Bertz CT molecular complexity index is 1720. The number of rotatable bonds is 5. The van der Waals surface area contributed by atoms with E-state index in [0.29, 0.717) is 36.4 Å². The molecular formula is C33H37N5O3S. The van der Waals surface area contributed by atoms with Crippen LogP contribution in [0, 0.1) is 31.1 Å². The van der Waals surface area contributed by atoms with E-state index in [4.69, 9.17) is 14.7 Å². The fourth-order valence-electron chi connectivity index (χ4n) is 4.85. The minimum absolute atomic E-state index is 0.0662. The lowest BCUT2D eigenvalue weighted by Crippen LogP contribution is -2.29. The number of carbonyl (C=O) groups excluding carboxylic acids is 1. The maximum absolute atomic E-state index is 13.9. The summed E-state index contributed by atoms with van der Waals surface area (Å²) in [7, 11) is 0. The summed E-state index contributed by atoms with van der Waals surface area (Å²) in [6, 6.07) is 12.1. The Kier molecular flexibility index (Phi) is 8.64. The van der Waals surface area contributed by atoms with Crippen LogP contribution in [0.15, 0.2) is 47.4 Å². The van der Waals surface area contributed by atoms with Gasteiger partial charge in [0.15, 0.2) is 0 Å². The van der Waals surface area contributed by atoms with Crippen molar-refractivity contribution in [2.45, 2.75) is 66.5 Å². The van der Waals surface area contributed by atoms with Gasteiger partial charge in [-0.25, -0.2) is 14.8 Å². The molecule has 2 aromatic heterocycles. The molecule has 1 aliphatic rings. The van der Waals surface area contributed by atoms with Gasteiger partial charge >= 0.3 is 6.09 Å². The van der Waals surface area contributed by atoms with Crippen molar-refractivity contribution in [1.29, 1.82) is 0 Å². The zero-order valence-electron chi connectivity index (χ0n) is 24.8. The van der Waals surface area contributed by atoms with Crippen LogP contribution in [0.1, 0.15) is 61.9 Å². The number of alkyl carbamates (subject to hydrolysis) is 1. The van der Waals surface area contributed by atoms with E-state index in [1.807, 2.05) is 38.1 Å². The fourth-order valence-corrected chi connectivity index (χ4v) is 5.65.